The third kappa shape index (κ3) is 3.01. The van der Waals surface area contributed by atoms with Crippen LogP contribution in [0.5, 0.6) is 11.5 Å². The van der Waals surface area contributed by atoms with Crippen molar-refractivity contribution in [1.82, 2.24) is 4.98 Å². The van der Waals surface area contributed by atoms with Gasteiger partial charge in [0.1, 0.15) is 5.75 Å². The first-order valence-corrected chi connectivity index (χ1v) is 5.67. The number of ether oxygens (including phenoxy) is 1. The highest BCUT2D eigenvalue weighted by atomic mass is 79.9. The summed E-state index contributed by atoms with van der Waals surface area (Å²) in [7, 11) is 0. The zero-order valence-electron chi connectivity index (χ0n) is 8.73. The van der Waals surface area contributed by atoms with Gasteiger partial charge in [-0.05, 0) is 24.3 Å². The van der Waals surface area contributed by atoms with Crippen molar-refractivity contribution in [1.29, 1.82) is 0 Å². The number of hydrogen-bond donors (Lipinski definition) is 1. The van der Waals surface area contributed by atoms with Gasteiger partial charge in [0.05, 0.1) is 12.3 Å². The van der Waals surface area contributed by atoms with Gasteiger partial charge >= 0.3 is 0 Å². The van der Waals surface area contributed by atoms with Gasteiger partial charge in [0, 0.05) is 16.7 Å². The van der Waals surface area contributed by atoms with Crippen molar-refractivity contribution in [2.45, 2.75) is 6.61 Å². The largest absolute Gasteiger partial charge is 0.454 e. The molecule has 88 valence electrons. The second kappa shape index (κ2) is 5.25. The molecule has 0 amide bonds. The van der Waals surface area contributed by atoms with Gasteiger partial charge in [-0.25, -0.2) is 4.39 Å². The summed E-state index contributed by atoms with van der Waals surface area (Å²) in [5.74, 6) is 0.107. The van der Waals surface area contributed by atoms with Gasteiger partial charge < -0.3 is 9.84 Å². The minimum atomic E-state index is -0.457. The SMILES string of the molecule is OCc1cc(Oc2ccc(Br)cc2F)ccn1. The maximum atomic E-state index is 13.5. The average Bonchev–Trinajstić information content (AvgIpc) is 2.33. The highest BCUT2D eigenvalue weighted by molar-refractivity contribution is 9.10. The fraction of sp³-hybridized carbons (Fsp3) is 0.0833. The van der Waals surface area contributed by atoms with E-state index in [9.17, 15) is 4.39 Å². The van der Waals surface area contributed by atoms with Crippen LogP contribution in [0, 0.1) is 5.82 Å². The van der Waals surface area contributed by atoms with Crippen molar-refractivity contribution in [3.8, 4) is 11.5 Å². The maximum Gasteiger partial charge on any atom is 0.166 e. The number of aromatic nitrogens is 1. The summed E-state index contributed by atoms with van der Waals surface area (Å²) in [5, 5.41) is 8.92. The zero-order chi connectivity index (χ0) is 12.3. The molecule has 0 spiro atoms. The van der Waals surface area contributed by atoms with E-state index in [0.717, 1.165) is 0 Å². The number of halogens is 2. The molecule has 1 aromatic carbocycles. The molecule has 1 heterocycles. The predicted octanol–water partition coefficient (Wildman–Crippen LogP) is 3.27. The summed E-state index contributed by atoms with van der Waals surface area (Å²) >= 11 is 3.17. The Morgan fingerprint density at radius 2 is 2.12 bits per heavy atom. The van der Waals surface area contributed by atoms with Crippen molar-refractivity contribution in [2.24, 2.45) is 0 Å². The Kier molecular flexibility index (Phi) is 3.71. The maximum absolute atomic E-state index is 13.5. The predicted molar refractivity (Wildman–Crippen MR) is 64.3 cm³/mol. The minimum absolute atomic E-state index is 0.128. The Bertz CT molecular complexity index is 534. The molecule has 0 aliphatic rings. The summed E-state index contributed by atoms with van der Waals surface area (Å²) in [6, 6.07) is 7.69. The molecule has 17 heavy (non-hydrogen) atoms. The number of rotatable bonds is 3. The number of benzene rings is 1. The number of aliphatic hydroxyl groups is 1. The Labute approximate surface area is 106 Å². The summed E-state index contributed by atoms with van der Waals surface area (Å²) in [5.41, 5.74) is 0.472. The molecule has 0 aliphatic carbocycles. The summed E-state index contributed by atoms with van der Waals surface area (Å²) in [6.45, 7) is -0.181. The van der Waals surface area contributed by atoms with Crippen molar-refractivity contribution in [3.05, 3.63) is 52.5 Å². The van der Waals surface area contributed by atoms with Crippen molar-refractivity contribution in [3.63, 3.8) is 0 Å². The minimum Gasteiger partial charge on any atom is -0.454 e. The Balaban J connectivity index is 2.25. The molecule has 0 unspecified atom stereocenters. The van der Waals surface area contributed by atoms with Crippen molar-refractivity contribution in [2.75, 3.05) is 0 Å². The number of aliphatic hydroxyl groups excluding tert-OH is 1. The smallest absolute Gasteiger partial charge is 0.166 e. The highest BCUT2D eigenvalue weighted by Crippen LogP contribution is 2.26. The number of pyridine rings is 1. The van der Waals surface area contributed by atoms with E-state index in [1.165, 1.54) is 18.3 Å². The lowest BCUT2D eigenvalue weighted by Gasteiger charge is -2.07. The molecule has 0 aliphatic heterocycles. The average molecular weight is 298 g/mol. The quantitative estimate of drug-likeness (QED) is 0.945. The molecular formula is C12H9BrFNO2. The Morgan fingerprint density at radius 1 is 1.29 bits per heavy atom. The van der Waals surface area contributed by atoms with Crippen LogP contribution in [0.15, 0.2) is 41.0 Å². The zero-order valence-corrected chi connectivity index (χ0v) is 10.3. The summed E-state index contributed by atoms with van der Waals surface area (Å²) in [6.07, 6.45) is 1.50. The molecule has 3 nitrogen and oxygen atoms in total. The molecule has 0 bridgehead atoms. The second-order valence-electron chi connectivity index (χ2n) is 3.32. The highest BCUT2D eigenvalue weighted by Gasteiger charge is 2.05. The monoisotopic (exact) mass is 297 g/mol. The molecule has 0 saturated heterocycles. The first kappa shape index (κ1) is 12.0. The van der Waals surface area contributed by atoms with E-state index in [-0.39, 0.29) is 12.4 Å². The van der Waals surface area contributed by atoms with Gasteiger partial charge in [0.2, 0.25) is 0 Å². The van der Waals surface area contributed by atoms with E-state index in [1.807, 2.05) is 0 Å². The van der Waals surface area contributed by atoms with E-state index in [2.05, 4.69) is 20.9 Å². The van der Waals surface area contributed by atoms with E-state index < -0.39 is 5.82 Å². The van der Waals surface area contributed by atoms with Gasteiger partial charge in [-0.3, -0.25) is 4.98 Å². The molecular weight excluding hydrogens is 289 g/mol. The molecule has 1 N–H and O–H groups in total. The molecule has 2 aromatic rings. The third-order valence-electron chi connectivity index (χ3n) is 2.07. The van der Waals surface area contributed by atoms with E-state index in [0.29, 0.717) is 15.9 Å². The molecule has 5 heteroatoms. The van der Waals surface area contributed by atoms with E-state index in [1.54, 1.807) is 18.2 Å². The van der Waals surface area contributed by atoms with E-state index >= 15 is 0 Å². The number of nitrogens with zero attached hydrogens (tertiary/aromatic N) is 1. The second-order valence-corrected chi connectivity index (χ2v) is 4.23. The lowest BCUT2D eigenvalue weighted by atomic mass is 10.3. The molecule has 0 fully saturated rings. The molecule has 0 saturated carbocycles. The van der Waals surface area contributed by atoms with Crippen LogP contribution in [-0.4, -0.2) is 10.1 Å². The van der Waals surface area contributed by atoms with Gasteiger partial charge in [-0.1, -0.05) is 15.9 Å². The normalized spacial score (nSPS) is 10.3. The molecule has 1 aromatic heterocycles. The molecule has 0 radical (unpaired) electrons. The summed E-state index contributed by atoms with van der Waals surface area (Å²) < 4.78 is 19.5. The van der Waals surface area contributed by atoms with Crippen LogP contribution < -0.4 is 4.74 Å². The van der Waals surface area contributed by atoms with E-state index in [4.69, 9.17) is 9.84 Å². The molecule has 2 rings (SSSR count). The lowest BCUT2D eigenvalue weighted by molar-refractivity contribution is 0.276. The first-order valence-electron chi connectivity index (χ1n) is 4.88. The fourth-order valence-corrected chi connectivity index (χ4v) is 1.62. The lowest BCUT2D eigenvalue weighted by Crippen LogP contribution is -1.92. The third-order valence-corrected chi connectivity index (χ3v) is 2.57. The standard InChI is InChI=1S/C12H9BrFNO2/c13-8-1-2-12(11(14)5-8)17-10-3-4-15-9(6-10)7-16/h1-6,16H,7H2. The van der Waals surface area contributed by atoms with Crippen LogP contribution in [-0.2, 0) is 6.61 Å². The van der Waals surface area contributed by atoms with Crippen LogP contribution in [0.4, 0.5) is 4.39 Å². The van der Waals surface area contributed by atoms with Gasteiger partial charge in [0.25, 0.3) is 0 Å². The Hall–Kier alpha value is -1.46. The Morgan fingerprint density at radius 3 is 2.82 bits per heavy atom. The van der Waals surface area contributed by atoms with Gasteiger partial charge in [-0.15, -0.1) is 0 Å². The molecule has 0 atom stereocenters. The van der Waals surface area contributed by atoms with Crippen molar-refractivity contribution < 1.29 is 14.2 Å². The fourth-order valence-electron chi connectivity index (χ4n) is 1.29. The van der Waals surface area contributed by atoms with Gasteiger partial charge in [-0.2, -0.15) is 0 Å². The first-order chi connectivity index (χ1) is 8.19. The van der Waals surface area contributed by atoms with Crippen LogP contribution in [0.25, 0.3) is 0 Å². The van der Waals surface area contributed by atoms with Gasteiger partial charge in [0.15, 0.2) is 11.6 Å². The van der Waals surface area contributed by atoms with Crippen molar-refractivity contribution >= 4 is 15.9 Å². The van der Waals surface area contributed by atoms with Crippen LogP contribution >= 0.6 is 15.9 Å². The number of hydrogen-bond acceptors (Lipinski definition) is 3. The summed E-state index contributed by atoms with van der Waals surface area (Å²) in [4.78, 5) is 3.90. The van der Waals surface area contributed by atoms with Crippen LogP contribution in [0.1, 0.15) is 5.69 Å². The topological polar surface area (TPSA) is 42.4 Å². The van der Waals surface area contributed by atoms with Crippen LogP contribution in [0.2, 0.25) is 0 Å². The van der Waals surface area contributed by atoms with Crippen LogP contribution in [0.3, 0.4) is 0 Å².